The molecule has 1 N–H and O–H groups in total. The maximum absolute atomic E-state index is 10.6. The Balaban J connectivity index is 1.74. The Morgan fingerprint density at radius 1 is 1.26 bits per heavy atom. The first-order valence-corrected chi connectivity index (χ1v) is 6.68. The minimum atomic E-state index is -0.454. The molecule has 3 rings (SSSR count). The number of non-ortho nitro benzene ring substituents is 1. The van der Waals surface area contributed by atoms with Gasteiger partial charge in [0.1, 0.15) is 5.75 Å². The zero-order valence-electron chi connectivity index (χ0n) is 12.2. The van der Waals surface area contributed by atoms with Crippen molar-refractivity contribution in [2.75, 3.05) is 19.3 Å². The van der Waals surface area contributed by atoms with Gasteiger partial charge in [0.2, 0.25) is 6.79 Å². The third-order valence-corrected chi connectivity index (χ3v) is 3.20. The van der Waals surface area contributed by atoms with E-state index >= 15 is 0 Å². The van der Waals surface area contributed by atoms with Crippen LogP contribution in [-0.2, 0) is 0 Å². The molecule has 23 heavy (non-hydrogen) atoms. The van der Waals surface area contributed by atoms with Crippen LogP contribution in [0.15, 0.2) is 41.5 Å². The number of rotatable bonds is 5. The molecule has 0 bridgehead atoms. The predicted octanol–water partition coefficient (Wildman–Crippen LogP) is 2.78. The fourth-order valence-electron chi connectivity index (χ4n) is 2.05. The Bertz CT molecular complexity index is 758. The summed E-state index contributed by atoms with van der Waals surface area (Å²) in [6.45, 7) is 0.181. The van der Waals surface area contributed by atoms with Crippen molar-refractivity contribution in [1.82, 2.24) is 0 Å². The number of methoxy groups -OCH3 is 1. The first-order chi connectivity index (χ1) is 11.2. The van der Waals surface area contributed by atoms with Crippen LogP contribution >= 0.6 is 0 Å². The van der Waals surface area contributed by atoms with E-state index in [2.05, 4.69) is 10.5 Å². The molecule has 0 radical (unpaired) electrons. The Morgan fingerprint density at radius 3 is 2.61 bits per heavy atom. The standard InChI is InChI=1S/C15H13N3O5/c1-21-13-7-15-14(22-9-23-15)6-10(13)8-16-17-11-2-4-12(5-3-11)18(19)20/h2-8,17H,9H2,1H3/b16-8-. The molecule has 1 aliphatic rings. The molecular weight excluding hydrogens is 302 g/mol. The summed E-state index contributed by atoms with van der Waals surface area (Å²) in [5.74, 6) is 1.86. The molecule has 0 aromatic heterocycles. The van der Waals surface area contributed by atoms with Gasteiger partial charge in [-0.1, -0.05) is 0 Å². The number of fused-ring (bicyclic) bond motifs is 1. The van der Waals surface area contributed by atoms with Gasteiger partial charge in [0.05, 0.1) is 23.9 Å². The van der Waals surface area contributed by atoms with E-state index in [-0.39, 0.29) is 12.5 Å². The molecule has 0 saturated heterocycles. The van der Waals surface area contributed by atoms with Crippen molar-refractivity contribution in [3.8, 4) is 17.2 Å². The van der Waals surface area contributed by atoms with Crippen LogP contribution in [0.2, 0.25) is 0 Å². The summed E-state index contributed by atoms with van der Waals surface area (Å²) in [7, 11) is 1.55. The number of hydrazone groups is 1. The van der Waals surface area contributed by atoms with Crippen LogP contribution in [0.4, 0.5) is 11.4 Å². The maximum Gasteiger partial charge on any atom is 0.269 e. The van der Waals surface area contributed by atoms with Crippen LogP contribution in [0.1, 0.15) is 5.56 Å². The van der Waals surface area contributed by atoms with Gasteiger partial charge < -0.3 is 14.2 Å². The largest absolute Gasteiger partial charge is 0.496 e. The molecule has 0 aliphatic carbocycles. The number of nitro groups is 1. The van der Waals surface area contributed by atoms with Gasteiger partial charge in [0.15, 0.2) is 11.5 Å². The molecule has 0 amide bonds. The lowest BCUT2D eigenvalue weighted by Gasteiger charge is -2.06. The van der Waals surface area contributed by atoms with Crippen molar-refractivity contribution in [3.05, 3.63) is 52.1 Å². The summed E-state index contributed by atoms with van der Waals surface area (Å²) < 4.78 is 15.9. The first kappa shape index (κ1) is 14.6. The van der Waals surface area contributed by atoms with Crippen LogP contribution in [0.5, 0.6) is 17.2 Å². The van der Waals surface area contributed by atoms with Crippen molar-refractivity contribution < 1.29 is 19.1 Å². The average Bonchev–Trinajstić information content (AvgIpc) is 3.01. The van der Waals surface area contributed by atoms with Crippen molar-refractivity contribution in [2.45, 2.75) is 0 Å². The number of ether oxygens (including phenoxy) is 3. The van der Waals surface area contributed by atoms with Gasteiger partial charge in [-0.05, 0) is 18.2 Å². The van der Waals surface area contributed by atoms with Gasteiger partial charge in [0.25, 0.3) is 5.69 Å². The SMILES string of the molecule is COc1cc2c(cc1/C=N\Nc1ccc([N+](=O)[O-])cc1)OCO2. The van der Waals surface area contributed by atoms with E-state index in [0.29, 0.717) is 28.5 Å². The predicted molar refractivity (Wildman–Crippen MR) is 83.4 cm³/mol. The smallest absolute Gasteiger partial charge is 0.269 e. The maximum atomic E-state index is 10.6. The van der Waals surface area contributed by atoms with E-state index < -0.39 is 4.92 Å². The molecule has 0 spiro atoms. The van der Waals surface area contributed by atoms with Gasteiger partial charge in [-0.3, -0.25) is 15.5 Å². The number of nitrogens with zero attached hydrogens (tertiary/aromatic N) is 2. The second kappa shape index (κ2) is 6.22. The molecule has 0 saturated carbocycles. The molecule has 1 heterocycles. The van der Waals surface area contributed by atoms with Crippen molar-refractivity contribution in [3.63, 3.8) is 0 Å². The normalized spacial score (nSPS) is 12.4. The summed E-state index contributed by atoms with van der Waals surface area (Å²) >= 11 is 0. The molecule has 0 fully saturated rings. The van der Waals surface area contributed by atoms with Gasteiger partial charge in [0, 0.05) is 23.8 Å². The van der Waals surface area contributed by atoms with Crippen LogP contribution in [-0.4, -0.2) is 25.0 Å². The Labute approximate surface area is 131 Å². The first-order valence-electron chi connectivity index (χ1n) is 6.68. The van der Waals surface area contributed by atoms with Gasteiger partial charge >= 0.3 is 0 Å². The minimum absolute atomic E-state index is 0.0250. The molecule has 2 aromatic rings. The van der Waals surface area contributed by atoms with Crippen molar-refractivity contribution in [1.29, 1.82) is 0 Å². The van der Waals surface area contributed by atoms with E-state index in [4.69, 9.17) is 14.2 Å². The lowest BCUT2D eigenvalue weighted by atomic mass is 10.2. The van der Waals surface area contributed by atoms with Crippen LogP contribution in [0.3, 0.4) is 0 Å². The molecule has 2 aromatic carbocycles. The highest BCUT2D eigenvalue weighted by molar-refractivity contribution is 5.85. The van der Waals surface area contributed by atoms with Crippen LogP contribution < -0.4 is 19.6 Å². The highest BCUT2D eigenvalue weighted by Crippen LogP contribution is 2.37. The third-order valence-electron chi connectivity index (χ3n) is 3.20. The number of anilines is 1. The number of hydrogen-bond donors (Lipinski definition) is 1. The van der Waals surface area contributed by atoms with Gasteiger partial charge in [-0.2, -0.15) is 5.10 Å². The highest BCUT2D eigenvalue weighted by atomic mass is 16.7. The Kier molecular flexibility index (Phi) is 3.96. The molecule has 8 heteroatoms. The van der Waals surface area contributed by atoms with Crippen LogP contribution in [0.25, 0.3) is 0 Å². The zero-order chi connectivity index (χ0) is 16.2. The number of benzene rings is 2. The fraction of sp³-hybridized carbons (Fsp3) is 0.133. The van der Waals surface area contributed by atoms with Crippen LogP contribution in [0, 0.1) is 10.1 Å². The zero-order valence-corrected chi connectivity index (χ0v) is 12.2. The molecular formula is C15H13N3O5. The van der Waals surface area contributed by atoms with E-state index in [1.807, 2.05) is 0 Å². The monoisotopic (exact) mass is 315 g/mol. The quantitative estimate of drug-likeness (QED) is 0.518. The average molecular weight is 315 g/mol. The Morgan fingerprint density at radius 2 is 1.96 bits per heavy atom. The number of nitrogens with one attached hydrogen (secondary N) is 1. The lowest BCUT2D eigenvalue weighted by Crippen LogP contribution is -1.95. The molecule has 0 unspecified atom stereocenters. The fourth-order valence-corrected chi connectivity index (χ4v) is 2.05. The molecule has 118 valence electrons. The summed E-state index contributed by atoms with van der Waals surface area (Å²) in [6, 6.07) is 9.45. The minimum Gasteiger partial charge on any atom is -0.496 e. The van der Waals surface area contributed by atoms with E-state index in [0.717, 1.165) is 0 Å². The lowest BCUT2D eigenvalue weighted by molar-refractivity contribution is -0.384. The second-order valence-electron chi connectivity index (χ2n) is 4.62. The van der Waals surface area contributed by atoms with Crippen molar-refractivity contribution >= 4 is 17.6 Å². The summed E-state index contributed by atoms with van der Waals surface area (Å²) in [6.07, 6.45) is 1.57. The molecule has 0 atom stereocenters. The van der Waals surface area contributed by atoms with E-state index in [1.165, 1.54) is 12.1 Å². The summed E-state index contributed by atoms with van der Waals surface area (Å²) in [5.41, 5.74) is 4.17. The summed E-state index contributed by atoms with van der Waals surface area (Å²) in [4.78, 5) is 10.1. The molecule has 1 aliphatic heterocycles. The number of nitro benzene ring substituents is 1. The highest BCUT2D eigenvalue weighted by Gasteiger charge is 2.16. The van der Waals surface area contributed by atoms with Crippen molar-refractivity contribution in [2.24, 2.45) is 5.10 Å². The third kappa shape index (κ3) is 3.15. The van der Waals surface area contributed by atoms with E-state index in [1.54, 1.807) is 37.6 Å². The van der Waals surface area contributed by atoms with Gasteiger partial charge in [-0.25, -0.2) is 0 Å². The summed E-state index contributed by atoms with van der Waals surface area (Å²) in [5, 5.41) is 14.7. The van der Waals surface area contributed by atoms with Gasteiger partial charge in [-0.15, -0.1) is 0 Å². The second-order valence-corrected chi connectivity index (χ2v) is 4.62. The Hall–Kier alpha value is -3.29. The number of hydrogen-bond acceptors (Lipinski definition) is 7. The molecule has 8 nitrogen and oxygen atoms in total. The van der Waals surface area contributed by atoms with E-state index in [9.17, 15) is 10.1 Å². The topological polar surface area (TPSA) is 95.2 Å².